The summed E-state index contributed by atoms with van der Waals surface area (Å²) < 4.78 is 46.7. The van der Waals surface area contributed by atoms with Gasteiger partial charge in [0.2, 0.25) is 5.79 Å². The first-order chi connectivity index (χ1) is 28.4. The lowest BCUT2D eigenvalue weighted by Crippen LogP contribution is -2.64. The van der Waals surface area contributed by atoms with Crippen LogP contribution in [0, 0.1) is 29.6 Å². The first kappa shape index (κ1) is 49.8. The normalized spacial score (nSPS) is 39.6. The van der Waals surface area contributed by atoms with E-state index in [1.54, 1.807) is 32.9 Å². The molecule has 2 saturated heterocycles. The van der Waals surface area contributed by atoms with Crippen molar-refractivity contribution in [2.75, 3.05) is 41.5 Å². The van der Waals surface area contributed by atoms with Crippen LogP contribution in [0.25, 0.3) is 0 Å². The number of fused-ring (bicyclic) bond motifs is 3. The quantitative estimate of drug-likeness (QED) is 0.153. The molecule has 340 valence electrons. The molecule has 3 aliphatic heterocycles. The topological polar surface area (TPSA) is 141 Å². The lowest BCUT2D eigenvalue weighted by atomic mass is 9.81. The van der Waals surface area contributed by atoms with Gasteiger partial charge in [-0.3, -0.25) is 14.4 Å². The van der Waals surface area contributed by atoms with E-state index in [-0.39, 0.29) is 62.0 Å². The average Bonchev–Trinajstić information content (AvgIpc) is 3.23. The van der Waals surface area contributed by atoms with Crippen LogP contribution >= 0.6 is 0 Å². The third-order valence-corrected chi connectivity index (χ3v) is 13.8. The molecule has 1 N–H and O–H groups in total. The molecule has 13 heteroatoms. The summed E-state index contributed by atoms with van der Waals surface area (Å²) >= 11 is 0. The predicted octanol–water partition coefficient (Wildman–Crippen LogP) is 6.58. The first-order valence-electron chi connectivity index (χ1n) is 22.4. The molecule has 3 heterocycles. The molecule has 3 fully saturated rings. The maximum absolute atomic E-state index is 16.3. The van der Waals surface area contributed by atoms with Crippen molar-refractivity contribution in [2.45, 2.75) is 167 Å². The van der Waals surface area contributed by atoms with Crippen LogP contribution < -0.4 is 0 Å². The van der Waals surface area contributed by atoms with Crippen LogP contribution in [-0.2, 0) is 42.9 Å². The molecule has 1 amide bonds. The number of likely N-dealkylation sites (N-methyl/N-ethyl adjacent to an activating group) is 1. The van der Waals surface area contributed by atoms with Crippen LogP contribution in [0.1, 0.15) is 112 Å². The van der Waals surface area contributed by atoms with Crippen molar-refractivity contribution in [3.05, 3.63) is 36.0 Å². The van der Waals surface area contributed by atoms with E-state index in [2.05, 4.69) is 31.7 Å². The molecular weight excluding hydrogens is 772 g/mol. The largest absolute Gasteiger partial charge is 0.456 e. The van der Waals surface area contributed by atoms with E-state index < -0.39 is 77.8 Å². The number of allylic oxidation sites excluding steroid dienone is 3. The van der Waals surface area contributed by atoms with E-state index in [9.17, 15) is 24.3 Å². The van der Waals surface area contributed by atoms with Gasteiger partial charge in [-0.15, -0.1) is 6.58 Å². The summed E-state index contributed by atoms with van der Waals surface area (Å²) in [6.45, 7) is 15.2. The van der Waals surface area contributed by atoms with Crippen molar-refractivity contribution < 1.29 is 52.4 Å². The molecule has 60 heavy (non-hydrogen) atoms. The lowest BCUT2D eigenvalue weighted by Gasteiger charge is -2.47. The number of cyclic esters (lactones) is 1. The Balaban J connectivity index is 1.75. The van der Waals surface area contributed by atoms with Crippen molar-refractivity contribution in [3.63, 3.8) is 0 Å². The molecule has 0 aromatic heterocycles. The molecule has 2 bridgehead atoms. The van der Waals surface area contributed by atoms with Gasteiger partial charge in [-0.25, -0.2) is 9.18 Å². The van der Waals surface area contributed by atoms with E-state index in [1.165, 1.54) is 19.1 Å². The number of carbonyl (C=O) groups excluding carboxylic acids is 4. The highest BCUT2D eigenvalue weighted by Gasteiger charge is 2.56. The summed E-state index contributed by atoms with van der Waals surface area (Å²) in [7, 11) is 7.05. The molecule has 0 aromatic carbocycles. The third-order valence-electron chi connectivity index (χ3n) is 13.8. The van der Waals surface area contributed by atoms with Gasteiger partial charge in [-0.2, -0.15) is 0 Å². The van der Waals surface area contributed by atoms with Crippen molar-refractivity contribution in [3.8, 4) is 0 Å². The van der Waals surface area contributed by atoms with Gasteiger partial charge in [0.25, 0.3) is 11.7 Å². The number of halogens is 1. The maximum Gasteiger partial charge on any atom is 0.329 e. The second-order valence-electron chi connectivity index (χ2n) is 18.4. The van der Waals surface area contributed by atoms with E-state index in [0.29, 0.717) is 37.9 Å². The average molecular weight is 847 g/mol. The number of piperidine rings is 1. The number of ketones is 2. The van der Waals surface area contributed by atoms with Crippen LogP contribution in [0.5, 0.6) is 0 Å². The number of Topliss-reactive ketones (excluding diaryl/α,β-unsaturated/α-hetero) is 2. The Morgan fingerprint density at radius 2 is 1.68 bits per heavy atom. The summed E-state index contributed by atoms with van der Waals surface area (Å²) in [4.78, 5) is 60.2. The molecule has 12 nitrogen and oxygen atoms in total. The molecule has 14 unspecified atom stereocenters. The van der Waals surface area contributed by atoms with E-state index in [4.69, 9.17) is 23.7 Å². The summed E-state index contributed by atoms with van der Waals surface area (Å²) in [6.07, 6.45) is 6.43. The van der Waals surface area contributed by atoms with Gasteiger partial charge >= 0.3 is 5.97 Å². The van der Waals surface area contributed by atoms with Gasteiger partial charge in [0.15, 0.2) is 0 Å². The van der Waals surface area contributed by atoms with Gasteiger partial charge < -0.3 is 38.6 Å². The summed E-state index contributed by atoms with van der Waals surface area (Å²) in [5.41, 5.74) is 1.27. The molecular formula is C47H75FN2O10. The van der Waals surface area contributed by atoms with E-state index in [0.717, 1.165) is 24.8 Å². The second-order valence-corrected chi connectivity index (χ2v) is 18.4. The lowest BCUT2D eigenvalue weighted by molar-refractivity contribution is -0.302. The Hall–Kier alpha value is -2.81. The number of hydrogen-bond donors (Lipinski definition) is 1. The minimum atomic E-state index is -2.56. The van der Waals surface area contributed by atoms with Crippen molar-refractivity contribution in [1.82, 2.24) is 9.80 Å². The minimum absolute atomic E-state index is 0.0167. The monoisotopic (exact) mass is 847 g/mol. The zero-order chi connectivity index (χ0) is 44.5. The number of rotatable bonds is 9. The van der Waals surface area contributed by atoms with E-state index >= 15 is 4.39 Å². The first-order valence-corrected chi connectivity index (χ1v) is 22.4. The smallest absolute Gasteiger partial charge is 0.329 e. The Kier molecular flexibility index (Phi) is 18.7. The van der Waals surface area contributed by atoms with Crippen molar-refractivity contribution in [2.24, 2.45) is 29.6 Å². The standard InChI is InChI=1S/C47H75FN2O10/c1-12-22-58-38-27-33(18-19-35(38)49(8)9)23-31(6)42-28(3)17-20-37(51)34(13-2)24-29(4)41(48)30(5)25-39(56-10)43-40(57-11)26-32(7)47(55,60-43)44(52)45(53)50-21-15-14-16-36(50)46(54)59-42/h12,23-24,28,30,32-36,38-43,55H,1,13-22,25-27H2,2-11H3/b29-24+,31-23?. The number of amides is 1. The van der Waals surface area contributed by atoms with Gasteiger partial charge in [-0.1, -0.05) is 45.9 Å². The fourth-order valence-corrected chi connectivity index (χ4v) is 10.0. The predicted molar refractivity (Wildman–Crippen MR) is 228 cm³/mol. The van der Waals surface area contributed by atoms with Gasteiger partial charge in [0.1, 0.15) is 30.2 Å². The van der Waals surface area contributed by atoms with Crippen LogP contribution in [-0.4, -0.2) is 134 Å². The Morgan fingerprint density at radius 1 is 1.00 bits per heavy atom. The summed E-state index contributed by atoms with van der Waals surface area (Å²) in [5.74, 6) is -7.56. The van der Waals surface area contributed by atoms with Crippen LogP contribution in [0.2, 0.25) is 0 Å². The van der Waals surface area contributed by atoms with Gasteiger partial charge in [0.05, 0.1) is 24.9 Å². The number of carbonyl (C=O) groups is 4. The zero-order valence-electron chi connectivity index (χ0n) is 38.0. The highest BCUT2D eigenvalue weighted by molar-refractivity contribution is 6.39. The van der Waals surface area contributed by atoms with Crippen molar-refractivity contribution >= 4 is 23.4 Å². The fraction of sp³-hybridized carbons (Fsp3) is 0.787. The van der Waals surface area contributed by atoms with Crippen LogP contribution in [0.3, 0.4) is 0 Å². The summed E-state index contributed by atoms with van der Waals surface area (Å²) in [6, 6.07) is -0.824. The summed E-state index contributed by atoms with van der Waals surface area (Å²) in [5, 5.41) is 12.1. The third kappa shape index (κ3) is 11.8. The molecule has 0 spiro atoms. The second kappa shape index (κ2) is 22.5. The highest BCUT2D eigenvalue weighted by atomic mass is 19.1. The van der Waals surface area contributed by atoms with Gasteiger partial charge in [-0.05, 0) is 121 Å². The highest BCUT2D eigenvalue weighted by Crippen LogP contribution is 2.40. The number of hydrogen-bond acceptors (Lipinski definition) is 11. The molecule has 0 radical (unpaired) electrons. The molecule has 1 saturated carbocycles. The number of ether oxygens (including phenoxy) is 5. The van der Waals surface area contributed by atoms with Gasteiger partial charge in [0, 0.05) is 45.1 Å². The number of alkyl halides is 1. The minimum Gasteiger partial charge on any atom is -0.456 e. The fourth-order valence-electron chi connectivity index (χ4n) is 10.0. The molecule has 14 atom stereocenters. The van der Waals surface area contributed by atoms with Crippen LogP contribution in [0.4, 0.5) is 4.39 Å². The van der Waals surface area contributed by atoms with E-state index in [1.807, 2.05) is 20.8 Å². The molecule has 0 aromatic rings. The Bertz CT molecular complexity index is 1550. The number of aliphatic hydroxyl groups is 1. The maximum atomic E-state index is 16.3. The Morgan fingerprint density at radius 3 is 2.32 bits per heavy atom. The molecule has 1 aliphatic carbocycles. The molecule has 4 aliphatic rings. The number of nitrogens with zero attached hydrogens (tertiary/aromatic N) is 2. The number of methoxy groups -OCH3 is 2. The Labute approximate surface area is 358 Å². The van der Waals surface area contributed by atoms with Crippen LogP contribution in [0.15, 0.2) is 36.0 Å². The zero-order valence-corrected chi connectivity index (χ0v) is 38.0. The molecule has 4 rings (SSSR count). The number of esters is 1. The SMILES string of the molecule is C=CCOC1CC(C=C(C)C2OC(=O)C3CCCCN3C(=O)C(=O)C3(O)OC(C(OC)CC(C)C(F)/C(C)=C/C(CC)C(=O)CCC2C)C(OC)CC3C)CCC1N(C)C. The van der Waals surface area contributed by atoms with Crippen molar-refractivity contribution in [1.29, 1.82) is 0 Å².